The van der Waals surface area contributed by atoms with Crippen LogP contribution in [0, 0.1) is 0 Å². The van der Waals surface area contributed by atoms with E-state index in [4.69, 9.17) is 21.4 Å². The highest BCUT2D eigenvalue weighted by Crippen LogP contribution is 2.28. The van der Waals surface area contributed by atoms with Crippen molar-refractivity contribution in [2.24, 2.45) is 0 Å². The van der Waals surface area contributed by atoms with E-state index in [1.165, 1.54) is 6.92 Å². The van der Waals surface area contributed by atoms with Gasteiger partial charge in [-0.2, -0.15) is 0 Å². The van der Waals surface area contributed by atoms with Crippen molar-refractivity contribution in [3.8, 4) is 5.75 Å². The molecular weight excluding hydrogens is 242 g/mol. The SMILES string of the molecule is CNC(C)c1cc(Cl)ccc1OC(C)C(=O)O. The molecule has 1 aromatic carbocycles. The van der Waals surface area contributed by atoms with Gasteiger partial charge in [0.2, 0.25) is 0 Å². The molecule has 0 heterocycles. The minimum Gasteiger partial charge on any atom is -0.479 e. The Morgan fingerprint density at radius 2 is 2.12 bits per heavy atom. The molecule has 0 bridgehead atoms. The summed E-state index contributed by atoms with van der Waals surface area (Å²) < 4.78 is 5.39. The van der Waals surface area contributed by atoms with Crippen molar-refractivity contribution in [3.63, 3.8) is 0 Å². The summed E-state index contributed by atoms with van der Waals surface area (Å²) in [5, 5.41) is 12.5. The third-order valence-corrected chi connectivity index (χ3v) is 2.76. The first kappa shape index (κ1) is 13.8. The molecule has 0 aliphatic rings. The van der Waals surface area contributed by atoms with E-state index >= 15 is 0 Å². The molecule has 0 aliphatic carbocycles. The monoisotopic (exact) mass is 257 g/mol. The molecule has 0 aliphatic heterocycles. The minimum absolute atomic E-state index is 0.0321. The van der Waals surface area contributed by atoms with Gasteiger partial charge in [0.05, 0.1) is 0 Å². The smallest absolute Gasteiger partial charge is 0.344 e. The Kier molecular flexibility index (Phi) is 4.78. The zero-order valence-electron chi connectivity index (χ0n) is 10.0. The Balaban J connectivity index is 3.02. The predicted molar refractivity (Wildman–Crippen MR) is 66.7 cm³/mol. The van der Waals surface area contributed by atoms with E-state index in [-0.39, 0.29) is 6.04 Å². The third kappa shape index (κ3) is 3.61. The highest BCUT2D eigenvalue weighted by Gasteiger charge is 2.17. The molecule has 5 heteroatoms. The minimum atomic E-state index is -0.997. The molecule has 0 spiro atoms. The molecule has 0 saturated heterocycles. The molecular formula is C12H16ClNO3. The Bertz CT molecular complexity index is 409. The topological polar surface area (TPSA) is 58.6 Å². The summed E-state index contributed by atoms with van der Waals surface area (Å²) in [6.45, 7) is 3.44. The Hall–Kier alpha value is -1.26. The van der Waals surface area contributed by atoms with Gasteiger partial charge < -0.3 is 15.2 Å². The number of halogens is 1. The van der Waals surface area contributed by atoms with Crippen LogP contribution in [0.4, 0.5) is 0 Å². The number of hydrogen-bond donors (Lipinski definition) is 2. The van der Waals surface area contributed by atoms with Crippen LogP contribution in [0.1, 0.15) is 25.5 Å². The summed E-state index contributed by atoms with van der Waals surface area (Å²) in [4.78, 5) is 10.8. The number of aliphatic carboxylic acids is 1. The average molecular weight is 258 g/mol. The Morgan fingerprint density at radius 3 is 2.65 bits per heavy atom. The summed E-state index contributed by atoms with van der Waals surface area (Å²) in [5.41, 5.74) is 0.841. The van der Waals surface area contributed by atoms with Gasteiger partial charge in [0, 0.05) is 16.6 Å². The summed E-state index contributed by atoms with van der Waals surface area (Å²) in [6.07, 6.45) is -0.890. The molecule has 0 radical (unpaired) electrons. The fourth-order valence-corrected chi connectivity index (χ4v) is 1.54. The fraction of sp³-hybridized carbons (Fsp3) is 0.417. The number of carbonyl (C=O) groups is 1. The number of ether oxygens (including phenoxy) is 1. The van der Waals surface area contributed by atoms with E-state index in [9.17, 15) is 4.79 Å². The second-order valence-electron chi connectivity index (χ2n) is 3.79. The normalized spacial score (nSPS) is 14.1. The highest BCUT2D eigenvalue weighted by molar-refractivity contribution is 6.30. The van der Waals surface area contributed by atoms with Crippen LogP contribution in [0.15, 0.2) is 18.2 Å². The van der Waals surface area contributed by atoms with Gasteiger partial charge in [-0.15, -0.1) is 0 Å². The molecule has 94 valence electrons. The van der Waals surface area contributed by atoms with Crippen molar-refractivity contribution >= 4 is 17.6 Å². The van der Waals surface area contributed by atoms with Crippen molar-refractivity contribution in [1.82, 2.24) is 5.32 Å². The molecule has 1 aromatic rings. The van der Waals surface area contributed by atoms with Crippen LogP contribution in [-0.4, -0.2) is 24.2 Å². The van der Waals surface area contributed by atoms with Gasteiger partial charge in [0.1, 0.15) is 5.75 Å². The largest absolute Gasteiger partial charge is 0.479 e. The van der Waals surface area contributed by atoms with E-state index in [1.54, 1.807) is 18.2 Å². The molecule has 2 N–H and O–H groups in total. The van der Waals surface area contributed by atoms with Crippen LogP contribution in [-0.2, 0) is 4.79 Å². The van der Waals surface area contributed by atoms with Gasteiger partial charge in [-0.3, -0.25) is 0 Å². The number of nitrogens with one attached hydrogen (secondary N) is 1. The van der Waals surface area contributed by atoms with Gasteiger partial charge in [0.15, 0.2) is 6.10 Å². The zero-order chi connectivity index (χ0) is 13.0. The van der Waals surface area contributed by atoms with Crippen LogP contribution < -0.4 is 10.1 Å². The first-order valence-corrected chi connectivity index (χ1v) is 5.69. The molecule has 17 heavy (non-hydrogen) atoms. The van der Waals surface area contributed by atoms with Crippen LogP contribution in [0.2, 0.25) is 5.02 Å². The molecule has 4 nitrogen and oxygen atoms in total. The maximum atomic E-state index is 10.8. The lowest BCUT2D eigenvalue weighted by molar-refractivity contribution is -0.144. The van der Waals surface area contributed by atoms with E-state index in [1.807, 2.05) is 14.0 Å². The Labute approximate surface area is 106 Å². The van der Waals surface area contributed by atoms with Gasteiger partial charge in [0.25, 0.3) is 0 Å². The van der Waals surface area contributed by atoms with Gasteiger partial charge >= 0.3 is 5.97 Å². The van der Waals surface area contributed by atoms with E-state index in [0.717, 1.165) is 5.56 Å². The molecule has 0 saturated carbocycles. The lowest BCUT2D eigenvalue weighted by Gasteiger charge is -2.18. The molecule has 2 unspecified atom stereocenters. The van der Waals surface area contributed by atoms with Crippen molar-refractivity contribution in [2.75, 3.05) is 7.05 Å². The Morgan fingerprint density at radius 1 is 1.47 bits per heavy atom. The quantitative estimate of drug-likeness (QED) is 0.851. The maximum absolute atomic E-state index is 10.8. The standard InChI is InChI=1S/C12H16ClNO3/c1-7(14-3)10-6-9(13)4-5-11(10)17-8(2)12(15)16/h4-8,14H,1-3H3,(H,15,16). The van der Waals surface area contributed by atoms with Crippen LogP contribution in [0.5, 0.6) is 5.75 Å². The second-order valence-corrected chi connectivity index (χ2v) is 4.23. The summed E-state index contributed by atoms with van der Waals surface area (Å²) in [6, 6.07) is 5.17. The number of hydrogen-bond acceptors (Lipinski definition) is 3. The predicted octanol–water partition coefficient (Wildman–Crippen LogP) is 2.47. The third-order valence-electron chi connectivity index (χ3n) is 2.52. The van der Waals surface area contributed by atoms with E-state index < -0.39 is 12.1 Å². The van der Waals surface area contributed by atoms with Gasteiger partial charge in [-0.25, -0.2) is 4.79 Å². The van der Waals surface area contributed by atoms with Crippen LogP contribution in [0.25, 0.3) is 0 Å². The first-order valence-electron chi connectivity index (χ1n) is 5.32. The lowest BCUT2D eigenvalue weighted by Crippen LogP contribution is -2.24. The van der Waals surface area contributed by atoms with E-state index in [2.05, 4.69) is 5.32 Å². The number of carboxylic acids is 1. The van der Waals surface area contributed by atoms with Gasteiger partial charge in [-0.1, -0.05) is 11.6 Å². The summed E-state index contributed by atoms with van der Waals surface area (Å²) >= 11 is 5.92. The van der Waals surface area contributed by atoms with Crippen molar-refractivity contribution in [3.05, 3.63) is 28.8 Å². The van der Waals surface area contributed by atoms with E-state index in [0.29, 0.717) is 10.8 Å². The van der Waals surface area contributed by atoms with Crippen molar-refractivity contribution in [1.29, 1.82) is 0 Å². The van der Waals surface area contributed by atoms with Gasteiger partial charge in [-0.05, 0) is 39.1 Å². The highest BCUT2D eigenvalue weighted by atomic mass is 35.5. The average Bonchev–Trinajstić information content (AvgIpc) is 2.30. The second kappa shape index (κ2) is 5.89. The summed E-state index contributed by atoms with van der Waals surface area (Å²) in [7, 11) is 1.82. The number of rotatable bonds is 5. The molecule has 0 fully saturated rings. The lowest BCUT2D eigenvalue weighted by atomic mass is 10.1. The van der Waals surface area contributed by atoms with Crippen LogP contribution in [0.3, 0.4) is 0 Å². The molecule has 0 amide bonds. The summed E-state index contributed by atoms with van der Waals surface area (Å²) in [5.74, 6) is -0.464. The van der Waals surface area contributed by atoms with Crippen LogP contribution >= 0.6 is 11.6 Å². The maximum Gasteiger partial charge on any atom is 0.344 e. The number of benzene rings is 1. The molecule has 2 atom stereocenters. The number of carboxylic acid groups (broad SMARTS) is 1. The fourth-order valence-electron chi connectivity index (χ4n) is 1.36. The zero-order valence-corrected chi connectivity index (χ0v) is 10.8. The van der Waals surface area contributed by atoms with Crippen molar-refractivity contribution in [2.45, 2.75) is 26.0 Å². The molecule has 1 rings (SSSR count). The molecule has 0 aromatic heterocycles. The van der Waals surface area contributed by atoms with Crippen molar-refractivity contribution < 1.29 is 14.6 Å². The first-order chi connectivity index (χ1) is 7.95.